The minimum atomic E-state index is -1.10. The SMILES string of the molecule is C=C(C)CNC(=O)N1C[C@@H](O)C[C@H]1C(=O)O. The molecule has 0 aromatic carbocycles. The van der Waals surface area contributed by atoms with Crippen LogP contribution in [0.2, 0.25) is 0 Å². The first-order valence-corrected chi connectivity index (χ1v) is 5.01. The number of amides is 2. The molecule has 1 saturated heterocycles. The first kappa shape index (κ1) is 12.5. The van der Waals surface area contributed by atoms with Crippen molar-refractivity contribution in [3.63, 3.8) is 0 Å². The van der Waals surface area contributed by atoms with E-state index in [0.29, 0.717) is 6.54 Å². The molecule has 0 spiro atoms. The van der Waals surface area contributed by atoms with E-state index in [1.54, 1.807) is 6.92 Å². The number of β-amino-alcohol motifs (C(OH)–C–C–N with tert-alkyl or cyclic N) is 1. The van der Waals surface area contributed by atoms with Crippen LogP contribution in [0.3, 0.4) is 0 Å². The van der Waals surface area contributed by atoms with E-state index in [-0.39, 0.29) is 13.0 Å². The number of nitrogens with zero attached hydrogens (tertiary/aromatic N) is 1. The molecular weight excluding hydrogens is 212 g/mol. The van der Waals surface area contributed by atoms with Crippen LogP contribution < -0.4 is 5.32 Å². The lowest BCUT2D eigenvalue weighted by Gasteiger charge is -2.21. The fourth-order valence-corrected chi connectivity index (χ4v) is 1.60. The van der Waals surface area contributed by atoms with Crippen molar-refractivity contribution in [2.45, 2.75) is 25.5 Å². The first-order valence-electron chi connectivity index (χ1n) is 5.01. The summed E-state index contributed by atoms with van der Waals surface area (Å²) in [6, 6.07) is -1.42. The number of carbonyl (C=O) groups is 2. The Morgan fingerprint density at radius 2 is 2.19 bits per heavy atom. The largest absolute Gasteiger partial charge is 0.480 e. The van der Waals surface area contributed by atoms with E-state index in [2.05, 4.69) is 11.9 Å². The second-order valence-corrected chi connectivity index (χ2v) is 4.01. The lowest BCUT2D eigenvalue weighted by molar-refractivity contribution is -0.141. The summed E-state index contributed by atoms with van der Waals surface area (Å²) in [5.41, 5.74) is 0.778. The molecule has 3 N–H and O–H groups in total. The number of carboxylic acids is 1. The predicted octanol–water partition coefficient (Wildman–Crippen LogP) is -0.208. The monoisotopic (exact) mass is 228 g/mol. The molecule has 6 nitrogen and oxygen atoms in total. The number of carboxylic acid groups (broad SMARTS) is 1. The maximum Gasteiger partial charge on any atom is 0.326 e. The highest BCUT2D eigenvalue weighted by Crippen LogP contribution is 2.17. The highest BCUT2D eigenvalue weighted by Gasteiger charge is 2.38. The van der Waals surface area contributed by atoms with Gasteiger partial charge in [0.2, 0.25) is 0 Å². The summed E-state index contributed by atoms with van der Waals surface area (Å²) >= 11 is 0. The van der Waals surface area contributed by atoms with Gasteiger partial charge in [0.15, 0.2) is 0 Å². The predicted molar refractivity (Wildman–Crippen MR) is 57.0 cm³/mol. The number of aliphatic carboxylic acids is 1. The van der Waals surface area contributed by atoms with Crippen LogP contribution in [0.5, 0.6) is 0 Å². The fraction of sp³-hybridized carbons (Fsp3) is 0.600. The quantitative estimate of drug-likeness (QED) is 0.583. The lowest BCUT2D eigenvalue weighted by atomic mass is 10.2. The third-order valence-electron chi connectivity index (χ3n) is 2.37. The molecule has 0 saturated carbocycles. The van der Waals surface area contributed by atoms with Gasteiger partial charge in [0, 0.05) is 19.5 Å². The van der Waals surface area contributed by atoms with Gasteiger partial charge in [-0.15, -0.1) is 0 Å². The average Bonchev–Trinajstić information content (AvgIpc) is 2.56. The second-order valence-electron chi connectivity index (χ2n) is 4.01. The molecule has 0 bridgehead atoms. The topological polar surface area (TPSA) is 89.9 Å². The molecule has 16 heavy (non-hydrogen) atoms. The van der Waals surface area contributed by atoms with E-state index in [1.165, 1.54) is 0 Å². The summed E-state index contributed by atoms with van der Waals surface area (Å²) in [6.07, 6.45) is -0.688. The van der Waals surface area contributed by atoms with Crippen molar-refractivity contribution in [1.82, 2.24) is 10.2 Å². The van der Waals surface area contributed by atoms with E-state index < -0.39 is 24.1 Å². The van der Waals surface area contributed by atoms with E-state index in [4.69, 9.17) is 5.11 Å². The van der Waals surface area contributed by atoms with E-state index in [0.717, 1.165) is 10.5 Å². The molecule has 0 aromatic heterocycles. The Balaban J connectivity index is 2.59. The Labute approximate surface area is 93.5 Å². The van der Waals surface area contributed by atoms with Crippen LogP contribution >= 0.6 is 0 Å². The zero-order chi connectivity index (χ0) is 12.3. The molecule has 0 radical (unpaired) electrons. The third-order valence-corrected chi connectivity index (χ3v) is 2.37. The summed E-state index contributed by atoms with van der Waals surface area (Å²) in [5, 5.41) is 20.8. The van der Waals surface area contributed by atoms with Crippen LogP contribution in [0.4, 0.5) is 4.79 Å². The molecular formula is C10H16N2O4. The van der Waals surface area contributed by atoms with Crippen LogP contribution in [-0.2, 0) is 4.79 Å². The molecule has 0 aromatic rings. The Hall–Kier alpha value is -1.56. The zero-order valence-corrected chi connectivity index (χ0v) is 9.14. The molecule has 1 heterocycles. The molecule has 1 aliphatic heterocycles. The molecule has 6 heteroatoms. The third kappa shape index (κ3) is 2.96. The molecule has 2 atom stereocenters. The second kappa shape index (κ2) is 4.98. The van der Waals surface area contributed by atoms with Gasteiger partial charge in [0.25, 0.3) is 0 Å². The Morgan fingerprint density at radius 1 is 1.56 bits per heavy atom. The highest BCUT2D eigenvalue weighted by atomic mass is 16.4. The maximum atomic E-state index is 11.6. The Bertz CT molecular complexity index is 316. The molecule has 1 rings (SSSR count). The number of hydrogen-bond donors (Lipinski definition) is 3. The van der Waals surface area contributed by atoms with Crippen LogP contribution in [0.1, 0.15) is 13.3 Å². The number of carbonyl (C=O) groups excluding carboxylic acids is 1. The van der Waals surface area contributed by atoms with Crippen molar-refractivity contribution in [3.8, 4) is 0 Å². The van der Waals surface area contributed by atoms with Gasteiger partial charge in [-0.3, -0.25) is 0 Å². The van der Waals surface area contributed by atoms with Gasteiger partial charge in [-0.1, -0.05) is 12.2 Å². The van der Waals surface area contributed by atoms with Gasteiger partial charge < -0.3 is 20.4 Å². The zero-order valence-electron chi connectivity index (χ0n) is 9.14. The van der Waals surface area contributed by atoms with Crippen molar-refractivity contribution in [2.75, 3.05) is 13.1 Å². The maximum absolute atomic E-state index is 11.6. The van der Waals surface area contributed by atoms with Crippen LogP contribution in [-0.4, -0.2) is 52.3 Å². The van der Waals surface area contributed by atoms with Crippen molar-refractivity contribution in [1.29, 1.82) is 0 Å². The van der Waals surface area contributed by atoms with Gasteiger partial charge in [-0.05, 0) is 6.92 Å². The normalized spacial score (nSPS) is 24.2. The van der Waals surface area contributed by atoms with Crippen LogP contribution in [0.25, 0.3) is 0 Å². The van der Waals surface area contributed by atoms with Gasteiger partial charge in [-0.2, -0.15) is 0 Å². The van der Waals surface area contributed by atoms with Gasteiger partial charge in [0.1, 0.15) is 6.04 Å². The van der Waals surface area contributed by atoms with Gasteiger partial charge >= 0.3 is 12.0 Å². The standard InChI is InChI=1S/C10H16N2O4/c1-6(2)4-11-10(16)12-5-7(13)3-8(12)9(14)15/h7-8,13H,1,3-5H2,2H3,(H,11,16)(H,14,15)/t7-,8-/m0/s1. The number of aliphatic hydroxyl groups is 1. The Morgan fingerprint density at radius 3 is 2.69 bits per heavy atom. The number of likely N-dealkylation sites (tertiary alicyclic amines) is 1. The molecule has 1 aliphatic rings. The van der Waals surface area contributed by atoms with Crippen LogP contribution in [0.15, 0.2) is 12.2 Å². The van der Waals surface area contributed by atoms with E-state index >= 15 is 0 Å². The Kier molecular flexibility index (Phi) is 3.89. The van der Waals surface area contributed by atoms with Crippen molar-refractivity contribution >= 4 is 12.0 Å². The molecule has 90 valence electrons. The summed E-state index contributed by atoms with van der Waals surface area (Å²) < 4.78 is 0. The summed E-state index contributed by atoms with van der Waals surface area (Å²) in [5.74, 6) is -1.10. The van der Waals surface area contributed by atoms with Gasteiger partial charge in [0.05, 0.1) is 6.10 Å². The number of urea groups is 1. The smallest absolute Gasteiger partial charge is 0.326 e. The molecule has 0 aliphatic carbocycles. The van der Waals surface area contributed by atoms with Crippen molar-refractivity contribution < 1.29 is 19.8 Å². The summed E-state index contributed by atoms with van der Waals surface area (Å²) in [7, 11) is 0. The average molecular weight is 228 g/mol. The first-order chi connectivity index (χ1) is 7.41. The van der Waals surface area contributed by atoms with Crippen molar-refractivity contribution in [2.24, 2.45) is 0 Å². The number of aliphatic hydroxyl groups excluding tert-OH is 1. The van der Waals surface area contributed by atoms with E-state index in [1.807, 2.05) is 0 Å². The molecule has 1 fully saturated rings. The van der Waals surface area contributed by atoms with Crippen LogP contribution in [0, 0.1) is 0 Å². The number of hydrogen-bond acceptors (Lipinski definition) is 3. The fourth-order valence-electron chi connectivity index (χ4n) is 1.60. The van der Waals surface area contributed by atoms with Crippen molar-refractivity contribution in [3.05, 3.63) is 12.2 Å². The summed E-state index contributed by atoms with van der Waals surface area (Å²) in [4.78, 5) is 23.6. The van der Waals surface area contributed by atoms with Gasteiger partial charge in [-0.25, -0.2) is 9.59 Å². The summed E-state index contributed by atoms with van der Waals surface area (Å²) in [6.45, 7) is 5.74. The molecule has 0 unspecified atom stereocenters. The number of rotatable bonds is 3. The minimum absolute atomic E-state index is 0.0546. The highest BCUT2D eigenvalue weighted by molar-refractivity contribution is 5.83. The lowest BCUT2D eigenvalue weighted by Crippen LogP contribution is -2.46. The minimum Gasteiger partial charge on any atom is -0.480 e. The number of nitrogens with one attached hydrogen (secondary N) is 1. The molecule has 2 amide bonds. The van der Waals surface area contributed by atoms with E-state index in [9.17, 15) is 14.7 Å².